The van der Waals surface area contributed by atoms with E-state index in [0.29, 0.717) is 12.0 Å². The van der Waals surface area contributed by atoms with Gasteiger partial charge in [0.05, 0.1) is 0 Å². The maximum atomic E-state index is 13.5. The van der Waals surface area contributed by atoms with Crippen molar-refractivity contribution in [2.75, 3.05) is 33.9 Å². The average molecular weight is 349 g/mol. The predicted molar refractivity (Wildman–Crippen MR) is 102 cm³/mol. The van der Waals surface area contributed by atoms with E-state index in [9.17, 15) is 4.39 Å². The lowest BCUT2D eigenvalue weighted by Gasteiger charge is -2.42. The zero-order valence-corrected chi connectivity index (χ0v) is 16.0. The molecule has 1 aliphatic rings. The van der Waals surface area contributed by atoms with E-state index in [4.69, 9.17) is 4.74 Å². The summed E-state index contributed by atoms with van der Waals surface area (Å²) in [4.78, 5) is 4.33. The van der Waals surface area contributed by atoms with Crippen molar-refractivity contribution in [1.82, 2.24) is 10.6 Å². The fourth-order valence-corrected chi connectivity index (χ4v) is 3.32. The van der Waals surface area contributed by atoms with Crippen LogP contribution in [-0.2, 0) is 10.2 Å². The third kappa shape index (κ3) is 5.43. The van der Waals surface area contributed by atoms with E-state index in [2.05, 4.69) is 29.5 Å². The number of halogens is 1. The Balaban J connectivity index is 1.87. The topological polar surface area (TPSA) is 45.7 Å². The van der Waals surface area contributed by atoms with Crippen molar-refractivity contribution < 1.29 is 9.13 Å². The first-order valence-corrected chi connectivity index (χ1v) is 9.10. The molecule has 25 heavy (non-hydrogen) atoms. The van der Waals surface area contributed by atoms with Crippen LogP contribution in [0.2, 0.25) is 0 Å². The molecule has 0 saturated heterocycles. The SMILES string of the molecule is CN=C(NCC1(CCOC)CCC1)NCC(C)(C)c1cccc(F)c1. The normalized spacial score (nSPS) is 17.1. The lowest BCUT2D eigenvalue weighted by molar-refractivity contribution is 0.0732. The number of aliphatic imine (C=N–C) groups is 1. The monoisotopic (exact) mass is 349 g/mol. The number of ether oxygens (including phenoxy) is 1. The Morgan fingerprint density at radius 1 is 1.32 bits per heavy atom. The first-order valence-electron chi connectivity index (χ1n) is 9.10. The van der Waals surface area contributed by atoms with Crippen LogP contribution in [0.15, 0.2) is 29.3 Å². The summed E-state index contributed by atoms with van der Waals surface area (Å²) in [6.07, 6.45) is 4.87. The lowest BCUT2D eigenvalue weighted by Crippen LogP contribution is -2.49. The molecule has 0 heterocycles. The van der Waals surface area contributed by atoms with Gasteiger partial charge in [0, 0.05) is 39.3 Å². The van der Waals surface area contributed by atoms with E-state index in [1.165, 1.54) is 25.3 Å². The highest BCUT2D eigenvalue weighted by Crippen LogP contribution is 2.43. The first-order chi connectivity index (χ1) is 11.9. The molecule has 1 aromatic rings. The molecule has 0 spiro atoms. The number of rotatable bonds is 8. The highest BCUT2D eigenvalue weighted by atomic mass is 19.1. The van der Waals surface area contributed by atoms with Crippen molar-refractivity contribution in [3.63, 3.8) is 0 Å². The van der Waals surface area contributed by atoms with Crippen molar-refractivity contribution in [2.24, 2.45) is 10.4 Å². The van der Waals surface area contributed by atoms with Crippen LogP contribution in [0.1, 0.15) is 45.1 Å². The largest absolute Gasteiger partial charge is 0.385 e. The van der Waals surface area contributed by atoms with Crippen molar-refractivity contribution in [3.05, 3.63) is 35.6 Å². The summed E-state index contributed by atoms with van der Waals surface area (Å²) in [6.45, 7) is 6.61. The minimum absolute atomic E-state index is 0.191. The van der Waals surface area contributed by atoms with Gasteiger partial charge in [-0.25, -0.2) is 4.39 Å². The molecule has 1 aromatic carbocycles. The van der Waals surface area contributed by atoms with Crippen LogP contribution in [0.5, 0.6) is 0 Å². The van der Waals surface area contributed by atoms with Gasteiger partial charge >= 0.3 is 0 Å². The maximum absolute atomic E-state index is 13.5. The molecule has 0 bridgehead atoms. The first kappa shape index (κ1) is 19.7. The summed E-state index contributed by atoms with van der Waals surface area (Å²) in [6, 6.07) is 6.81. The zero-order valence-electron chi connectivity index (χ0n) is 16.0. The van der Waals surface area contributed by atoms with Crippen LogP contribution in [0.4, 0.5) is 4.39 Å². The van der Waals surface area contributed by atoms with Gasteiger partial charge in [-0.1, -0.05) is 32.4 Å². The number of methoxy groups -OCH3 is 1. The van der Waals surface area contributed by atoms with Gasteiger partial charge in [0.2, 0.25) is 0 Å². The van der Waals surface area contributed by atoms with Gasteiger partial charge in [-0.3, -0.25) is 4.99 Å². The van der Waals surface area contributed by atoms with E-state index >= 15 is 0 Å². The van der Waals surface area contributed by atoms with Crippen molar-refractivity contribution >= 4 is 5.96 Å². The number of hydrogen-bond acceptors (Lipinski definition) is 2. The van der Waals surface area contributed by atoms with Gasteiger partial charge in [0.15, 0.2) is 5.96 Å². The van der Waals surface area contributed by atoms with Gasteiger partial charge in [-0.15, -0.1) is 0 Å². The van der Waals surface area contributed by atoms with Gasteiger partial charge < -0.3 is 15.4 Å². The minimum Gasteiger partial charge on any atom is -0.385 e. The van der Waals surface area contributed by atoms with Crippen LogP contribution >= 0.6 is 0 Å². The summed E-state index contributed by atoms with van der Waals surface area (Å²) in [5, 5.41) is 6.86. The van der Waals surface area contributed by atoms with Gasteiger partial charge in [0.1, 0.15) is 5.82 Å². The Labute approximate surface area is 151 Å². The molecule has 0 radical (unpaired) electrons. The van der Waals surface area contributed by atoms with Crippen LogP contribution in [0.25, 0.3) is 0 Å². The van der Waals surface area contributed by atoms with Crippen LogP contribution in [0.3, 0.4) is 0 Å². The molecule has 0 unspecified atom stereocenters. The molecule has 140 valence electrons. The Bertz CT molecular complexity index is 582. The number of hydrogen-bond donors (Lipinski definition) is 2. The second-order valence-corrected chi connectivity index (χ2v) is 7.77. The molecule has 2 rings (SSSR count). The quantitative estimate of drug-likeness (QED) is 0.558. The summed E-state index contributed by atoms with van der Waals surface area (Å²) < 4.78 is 18.7. The zero-order chi connectivity index (χ0) is 18.3. The fraction of sp³-hybridized carbons (Fsp3) is 0.650. The summed E-state index contributed by atoms with van der Waals surface area (Å²) in [7, 11) is 3.54. The van der Waals surface area contributed by atoms with Crippen molar-refractivity contribution in [2.45, 2.75) is 44.9 Å². The molecule has 2 N–H and O–H groups in total. The molecule has 0 aromatic heterocycles. The third-order valence-corrected chi connectivity index (χ3v) is 5.41. The van der Waals surface area contributed by atoms with Crippen molar-refractivity contribution in [1.29, 1.82) is 0 Å². The number of guanidine groups is 1. The summed E-state index contributed by atoms with van der Waals surface area (Å²) >= 11 is 0. The van der Waals surface area contributed by atoms with E-state index < -0.39 is 0 Å². The molecule has 0 aliphatic heterocycles. The summed E-state index contributed by atoms with van der Waals surface area (Å²) in [5.74, 6) is 0.603. The van der Waals surface area contributed by atoms with E-state index in [-0.39, 0.29) is 11.2 Å². The van der Waals surface area contributed by atoms with E-state index in [0.717, 1.165) is 31.1 Å². The van der Waals surface area contributed by atoms with E-state index in [1.807, 2.05) is 6.07 Å². The molecular weight excluding hydrogens is 317 g/mol. The van der Waals surface area contributed by atoms with Gasteiger partial charge in [-0.2, -0.15) is 0 Å². The number of nitrogens with one attached hydrogen (secondary N) is 2. The molecule has 0 amide bonds. The Morgan fingerprint density at radius 3 is 2.64 bits per heavy atom. The highest BCUT2D eigenvalue weighted by Gasteiger charge is 2.36. The molecule has 0 atom stereocenters. The molecular formula is C20H32FN3O. The third-order valence-electron chi connectivity index (χ3n) is 5.41. The van der Waals surface area contributed by atoms with Crippen LogP contribution in [0, 0.1) is 11.2 Å². The molecule has 5 heteroatoms. The predicted octanol–water partition coefficient (Wildman–Crippen LogP) is 3.48. The number of nitrogens with zero attached hydrogens (tertiary/aromatic N) is 1. The smallest absolute Gasteiger partial charge is 0.191 e. The second-order valence-electron chi connectivity index (χ2n) is 7.77. The Hall–Kier alpha value is -1.62. The highest BCUT2D eigenvalue weighted by molar-refractivity contribution is 5.79. The van der Waals surface area contributed by atoms with E-state index in [1.54, 1.807) is 26.3 Å². The second kappa shape index (κ2) is 8.65. The lowest BCUT2D eigenvalue weighted by atomic mass is 9.67. The fourth-order valence-electron chi connectivity index (χ4n) is 3.32. The molecule has 1 fully saturated rings. The average Bonchev–Trinajstić information content (AvgIpc) is 2.56. The van der Waals surface area contributed by atoms with Gasteiger partial charge in [0.25, 0.3) is 0 Å². The minimum atomic E-state index is -0.196. The van der Waals surface area contributed by atoms with Gasteiger partial charge in [-0.05, 0) is 42.4 Å². The van der Waals surface area contributed by atoms with Crippen LogP contribution < -0.4 is 10.6 Å². The molecule has 1 saturated carbocycles. The van der Waals surface area contributed by atoms with Crippen molar-refractivity contribution in [3.8, 4) is 0 Å². The maximum Gasteiger partial charge on any atom is 0.191 e. The summed E-state index contributed by atoms with van der Waals surface area (Å²) in [5.41, 5.74) is 1.13. The Morgan fingerprint density at radius 2 is 2.08 bits per heavy atom. The standard InChI is InChI=1S/C20H32FN3O/c1-19(2,16-7-5-8-17(21)13-16)14-23-18(22-3)24-15-20(9-6-10-20)11-12-25-4/h5,7-8,13H,6,9-12,14-15H2,1-4H3,(H2,22,23,24). The Kier molecular flexibility index (Phi) is 6.82. The molecule has 1 aliphatic carbocycles. The van der Waals surface area contributed by atoms with Crippen LogP contribution in [-0.4, -0.2) is 39.8 Å². The molecule has 4 nitrogen and oxygen atoms in total. The number of benzene rings is 1.